The van der Waals surface area contributed by atoms with Crippen LogP contribution in [0, 0.1) is 0 Å². The third kappa shape index (κ3) is 3.50. The van der Waals surface area contributed by atoms with Gasteiger partial charge in [0.15, 0.2) is 0 Å². The van der Waals surface area contributed by atoms with Crippen molar-refractivity contribution in [3.63, 3.8) is 0 Å². The molecule has 0 aromatic heterocycles. The molecule has 142 valence electrons. The van der Waals surface area contributed by atoms with E-state index in [1.807, 2.05) is 71.6 Å². The second kappa shape index (κ2) is 7.85. The van der Waals surface area contributed by atoms with Crippen molar-refractivity contribution >= 4 is 34.0 Å². The molecule has 0 aliphatic carbocycles. The second-order valence-electron chi connectivity index (χ2n) is 7.26. The number of hydrogen-bond donors (Lipinski definition) is 0. The van der Waals surface area contributed by atoms with Gasteiger partial charge in [-0.25, -0.2) is 0 Å². The maximum absolute atomic E-state index is 13.2. The number of likely N-dealkylation sites (tertiary alicyclic amines) is 1. The molecule has 1 aliphatic rings. The number of fused-ring (bicyclic) bond motifs is 1. The number of nitrogens with zero attached hydrogens (tertiary/aromatic N) is 2. The van der Waals surface area contributed by atoms with Crippen LogP contribution in [0.5, 0.6) is 0 Å². The van der Waals surface area contributed by atoms with Crippen LogP contribution in [0.4, 0.5) is 11.4 Å². The summed E-state index contributed by atoms with van der Waals surface area (Å²) in [6.45, 7) is 3.10. The van der Waals surface area contributed by atoms with Gasteiger partial charge in [-0.15, -0.1) is 0 Å². The molecule has 3 aromatic rings. The summed E-state index contributed by atoms with van der Waals surface area (Å²) < 4.78 is 0. The average molecular weight is 372 g/mol. The summed E-state index contributed by atoms with van der Waals surface area (Å²) in [6.07, 6.45) is 3.24. The Morgan fingerprint density at radius 2 is 1.50 bits per heavy atom. The first-order valence-corrected chi connectivity index (χ1v) is 9.83. The summed E-state index contributed by atoms with van der Waals surface area (Å²) in [5, 5.41) is 2.18. The number of para-hydroxylation sites is 1. The van der Waals surface area contributed by atoms with Crippen LogP contribution < -0.4 is 4.90 Å². The zero-order valence-corrected chi connectivity index (χ0v) is 16.1. The Balaban J connectivity index is 1.78. The molecule has 0 unspecified atom stereocenters. The van der Waals surface area contributed by atoms with Crippen LogP contribution in [-0.2, 0) is 4.79 Å². The van der Waals surface area contributed by atoms with E-state index < -0.39 is 0 Å². The number of anilines is 2. The van der Waals surface area contributed by atoms with E-state index >= 15 is 0 Å². The molecule has 0 N–H and O–H groups in total. The van der Waals surface area contributed by atoms with Gasteiger partial charge in [-0.2, -0.15) is 0 Å². The zero-order valence-electron chi connectivity index (χ0n) is 16.1. The standard InChI is InChI=1S/C24H24N2O2/c1-18(27)26(21-14-13-19-9-3-4-10-20(19)17-21)23-12-6-5-11-22(23)24(28)25-15-7-2-8-16-25/h3-6,9-14,17H,2,7-8,15-16H2,1H3. The lowest BCUT2D eigenvalue weighted by Gasteiger charge is -2.29. The van der Waals surface area contributed by atoms with Crippen LogP contribution >= 0.6 is 0 Å². The third-order valence-electron chi connectivity index (χ3n) is 5.32. The molecule has 4 heteroatoms. The summed E-state index contributed by atoms with van der Waals surface area (Å²) in [4.78, 5) is 29.4. The van der Waals surface area contributed by atoms with Crippen molar-refractivity contribution in [3.8, 4) is 0 Å². The minimum absolute atomic E-state index is 0.00217. The quantitative estimate of drug-likeness (QED) is 0.638. The molecule has 1 aliphatic heterocycles. The lowest BCUT2D eigenvalue weighted by atomic mass is 10.1. The second-order valence-corrected chi connectivity index (χ2v) is 7.26. The first-order chi connectivity index (χ1) is 13.6. The van der Waals surface area contributed by atoms with Crippen molar-refractivity contribution in [2.24, 2.45) is 0 Å². The first-order valence-electron chi connectivity index (χ1n) is 9.83. The summed E-state index contributed by atoms with van der Waals surface area (Å²) in [5.74, 6) is -0.114. The number of rotatable bonds is 3. The van der Waals surface area contributed by atoms with Gasteiger partial charge < -0.3 is 4.90 Å². The van der Waals surface area contributed by atoms with E-state index in [2.05, 4.69) is 0 Å². The lowest BCUT2D eigenvalue weighted by molar-refractivity contribution is -0.115. The summed E-state index contributed by atoms with van der Waals surface area (Å²) in [6, 6.07) is 21.4. The maximum atomic E-state index is 13.2. The molecular weight excluding hydrogens is 348 g/mol. The van der Waals surface area contributed by atoms with Crippen molar-refractivity contribution in [1.82, 2.24) is 4.90 Å². The Labute approximate surface area is 165 Å². The topological polar surface area (TPSA) is 40.6 Å². The Kier molecular flexibility index (Phi) is 5.11. The fourth-order valence-corrected chi connectivity index (χ4v) is 3.92. The van der Waals surface area contributed by atoms with E-state index in [1.165, 1.54) is 13.3 Å². The van der Waals surface area contributed by atoms with Crippen molar-refractivity contribution in [2.45, 2.75) is 26.2 Å². The van der Waals surface area contributed by atoms with Gasteiger partial charge in [-0.05, 0) is 54.3 Å². The summed E-state index contributed by atoms with van der Waals surface area (Å²) in [7, 11) is 0. The van der Waals surface area contributed by atoms with E-state index in [9.17, 15) is 9.59 Å². The number of amides is 2. The van der Waals surface area contributed by atoms with Gasteiger partial charge in [-0.1, -0.05) is 42.5 Å². The van der Waals surface area contributed by atoms with E-state index in [4.69, 9.17) is 0 Å². The number of benzene rings is 3. The van der Waals surface area contributed by atoms with E-state index in [-0.39, 0.29) is 11.8 Å². The Morgan fingerprint density at radius 3 is 2.25 bits per heavy atom. The van der Waals surface area contributed by atoms with Gasteiger partial charge in [0, 0.05) is 25.7 Å². The number of carbonyl (C=O) groups is 2. The normalized spacial score (nSPS) is 14.1. The van der Waals surface area contributed by atoms with Crippen LogP contribution in [0.15, 0.2) is 66.7 Å². The van der Waals surface area contributed by atoms with Crippen molar-refractivity contribution in [2.75, 3.05) is 18.0 Å². The molecule has 28 heavy (non-hydrogen) atoms. The zero-order chi connectivity index (χ0) is 19.5. The van der Waals surface area contributed by atoms with Gasteiger partial charge in [0.05, 0.1) is 11.3 Å². The van der Waals surface area contributed by atoms with Gasteiger partial charge in [-0.3, -0.25) is 14.5 Å². The van der Waals surface area contributed by atoms with E-state index in [1.54, 1.807) is 4.90 Å². The van der Waals surface area contributed by atoms with Crippen LogP contribution in [0.1, 0.15) is 36.5 Å². The lowest BCUT2D eigenvalue weighted by Crippen LogP contribution is -2.36. The largest absolute Gasteiger partial charge is 0.339 e. The predicted molar refractivity (Wildman–Crippen MR) is 113 cm³/mol. The molecule has 4 nitrogen and oxygen atoms in total. The molecule has 0 atom stereocenters. The highest BCUT2D eigenvalue weighted by Gasteiger charge is 2.25. The molecule has 0 saturated carbocycles. The Bertz CT molecular complexity index is 1020. The molecule has 0 radical (unpaired) electrons. The van der Waals surface area contributed by atoms with Crippen molar-refractivity contribution < 1.29 is 9.59 Å². The Hall–Kier alpha value is -3.14. The SMILES string of the molecule is CC(=O)N(c1ccc2ccccc2c1)c1ccccc1C(=O)N1CCCCC1. The molecule has 0 spiro atoms. The monoisotopic (exact) mass is 372 g/mol. The highest BCUT2D eigenvalue weighted by molar-refractivity contribution is 6.08. The fraction of sp³-hybridized carbons (Fsp3) is 0.250. The average Bonchev–Trinajstić information content (AvgIpc) is 2.74. The summed E-state index contributed by atoms with van der Waals surface area (Å²) >= 11 is 0. The van der Waals surface area contributed by atoms with Gasteiger partial charge >= 0.3 is 0 Å². The minimum atomic E-state index is -0.117. The van der Waals surface area contributed by atoms with E-state index in [0.29, 0.717) is 11.3 Å². The Morgan fingerprint density at radius 1 is 0.821 bits per heavy atom. The molecule has 1 saturated heterocycles. The van der Waals surface area contributed by atoms with Gasteiger partial charge in [0.25, 0.3) is 5.91 Å². The number of hydrogen-bond acceptors (Lipinski definition) is 2. The van der Waals surface area contributed by atoms with Gasteiger partial charge in [0.1, 0.15) is 0 Å². The highest BCUT2D eigenvalue weighted by atomic mass is 16.2. The smallest absolute Gasteiger partial charge is 0.255 e. The van der Waals surface area contributed by atoms with Crippen LogP contribution in [0.2, 0.25) is 0 Å². The van der Waals surface area contributed by atoms with Crippen molar-refractivity contribution in [1.29, 1.82) is 0 Å². The molecule has 0 bridgehead atoms. The molecule has 4 rings (SSSR count). The maximum Gasteiger partial charge on any atom is 0.255 e. The molecular formula is C24H24N2O2. The minimum Gasteiger partial charge on any atom is -0.339 e. The van der Waals surface area contributed by atoms with E-state index in [0.717, 1.165) is 42.4 Å². The number of carbonyl (C=O) groups excluding carboxylic acids is 2. The number of piperidine rings is 1. The highest BCUT2D eigenvalue weighted by Crippen LogP contribution is 2.32. The fourth-order valence-electron chi connectivity index (χ4n) is 3.92. The molecule has 1 heterocycles. The van der Waals surface area contributed by atoms with Gasteiger partial charge in [0.2, 0.25) is 5.91 Å². The third-order valence-corrected chi connectivity index (χ3v) is 5.32. The molecule has 1 fully saturated rings. The van der Waals surface area contributed by atoms with Crippen molar-refractivity contribution in [3.05, 3.63) is 72.3 Å². The predicted octanol–water partition coefficient (Wildman–Crippen LogP) is 5.15. The van der Waals surface area contributed by atoms with Crippen LogP contribution in [-0.4, -0.2) is 29.8 Å². The molecule has 3 aromatic carbocycles. The summed E-state index contributed by atoms with van der Waals surface area (Å²) in [5.41, 5.74) is 1.98. The first kappa shape index (κ1) is 18.2. The van der Waals surface area contributed by atoms with Crippen LogP contribution in [0.25, 0.3) is 10.8 Å². The molecule has 2 amide bonds. The van der Waals surface area contributed by atoms with Crippen LogP contribution in [0.3, 0.4) is 0 Å².